The summed E-state index contributed by atoms with van der Waals surface area (Å²) in [4.78, 5) is 13.3. The third kappa shape index (κ3) is 5.67. The minimum atomic E-state index is -0.504. The van der Waals surface area contributed by atoms with Gasteiger partial charge in [-0.05, 0) is 111 Å². The van der Waals surface area contributed by atoms with E-state index in [0.29, 0.717) is 23.9 Å². The molecule has 4 aliphatic rings. The Balaban J connectivity index is 1.54. The van der Waals surface area contributed by atoms with Crippen LogP contribution in [-0.4, -0.2) is 24.3 Å². The van der Waals surface area contributed by atoms with Gasteiger partial charge in [-0.2, -0.15) is 0 Å². The van der Waals surface area contributed by atoms with Gasteiger partial charge in [-0.3, -0.25) is 0 Å². The Morgan fingerprint density at radius 1 is 1.08 bits per heavy atom. The van der Waals surface area contributed by atoms with Gasteiger partial charge in [0.05, 0.1) is 12.2 Å². The summed E-state index contributed by atoms with van der Waals surface area (Å²) in [6.07, 6.45) is 19.6. The summed E-state index contributed by atoms with van der Waals surface area (Å²) in [5, 5.41) is 0. The summed E-state index contributed by atoms with van der Waals surface area (Å²) in [6.45, 7) is 13.4. The van der Waals surface area contributed by atoms with Crippen molar-refractivity contribution >= 4 is 11.5 Å². The third-order valence-electron chi connectivity index (χ3n) is 10.3. The fraction of sp³-hybridized carbons (Fsp3) is 0.694. The Morgan fingerprint density at radius 2 is 1.79 bits per heavy atom. The van der Waals surface area contributed by atoms with E-state index in [1.165, 1.54) is 38.5 Å². The van der Waals surface area contributed by atoms with Crippen molar-refractivity contribution in [3.05, 3.63) is 52.6 Å². The van der Waals surface area contributed by atoms with Crippen LogP contribution in [0.5, 0.6) is 0 Å². The van der Waals surface area contributed by atoms with E-state index >= 15 is 0 Å². The first-order valence-electron chi connectivity index (χ1n) is 16.0. The number of hydrogen-bond acceptors (Lipinski definition) is 3. The normalized spacial score (nSPS) is 31.6. The van der Waals surface area contributed by atoms with Gasteiger partial charge in [0.1, 0.15) is 0 Å². The lowest BCUT2D eigenvalue weighted by atomic mass is 9.76. The van der Waals surface area contributed by atoms with Gasteiger partial charge in [-0.1, -0.05) is 82.7 Å². The molecule has 39 heavy (non-hydrogen) atoms. The van der Waals surface area contributed by atoms with Gasteiger partial charge in [0, 0.05) is 5.41 Å². The van der Waals surface area contributed by atoms with E-state index in [4.69, 9.17) is 9.47 Å². The number of esters is 1. The molecule has 4 aliphatic carbocycles. The number of rotatable bonds is 5. The van der Waals surface area contributed by atoms with E-state index in [1.54, 1.807) is 27.8 Å². The van der Waals surface area contributed by atoms with Crippen molar-refractivity contribution in [2.45, 2.75) is 135 Å². The van der Waals surface area contributed by atoms with Gasteiger partial charge in [0.2, 0.25) is 0 Å². The molecule has 0 radical (unpaired) electrons. The zero-order valence-corrected chi connectivity index (χ0v) is 25.5. The quantitative estimate of drug-likeness (QED) is 0.355. The fourth-order valence-electron chi connectivity index (χ4n) is 8.27. The van der Waals surface area contributed by atoms with Crippen molar-refractivity contribution in [1.82, 2.24) is 0 Å². The maximum atomic E-state index is 13.3. The molecule has 0 amide bonds. The second kappa shape index (κ2) is 11.6. The van der Waals surface area contributed by atoms with Crippen LogP contribution in [0.4, 0.5) is 0 Å². The second-order valence-electron chi connectivity index (χ2n) is 14.0. The first-order chi connectivity index (χ1) is 18.7. The van der Waals surface area contributed by atoms with E-state index in [1.807, 2.05) is 6.92 Å². The number of ether oxygens (including phenoxy) is 2. The smallest absolute Gasteiger partial charge is 0.335 e. The number of benzene rings is 1. The molecule has 0 saturated heterocycles. The van der Waals surface area contributed by atoms with Crippen LogP contribution in [0, 0.1) is 17.8 Å². The molecule has 0 bridgehead atoms. The molecule has 6 unspecified atom stereocenters. The number of fused-ring (bicyclic) bond motifs is 3. The van der Waals surface area contributed by atoms with Crippen LogP contribution in [0.15, 0.2) is 30.4 Å². The molecule has 214 valence electrons. The number of allylic oxidation sites excluding steroid dienone is 4. The fourth-order valence-corrected chi connectivity index (χ4v) is 8.27. The molecule has 5 rings (SSSR count). The number of hydrogen-bond donors (Lipinski definition) is 0. The summed E-state index contributed by atoms with van der Waals surface area (Å²) >= 11 is 0. The lowest BCUT2D eigenvalue weighted by molar-refractivity contribution is -0.173. The van der Waals surface area contributed by atoms with Gasteiger partial charge in [-0.25, -0.2) is 4.79 Å². The lowest BCUT2D eigenvalue weighted by Crippen LogP contribution is -2.40. The van der Waals surface area contributed by atoms with Gasteiger partial charge in [-0.15, -0.1) is 0 Å². The Labute approximate surface area is 237 Å². The highest BCUT2D eigenvalue weighted by Crippen LogP contribution is 2.71. The summed E-state index contributed by atoms with van der Waals surface area (Å²) in [7, 11) is 0. The third-order valence-corrected chi connectivity index (χ3v) is 10.3. The minimum Gasteiger partial charge on any atom is -0.464 e. The van der Waals surface area contributed by atoms with Crippen molar-refractivity contribution in [2.24, 2.45) is 17.8 Å². The largest absolute Gasteiger partial charge is 0.464 e. The van der Waals surface area contributed by atoms with E-state index in [9.17, 15) is 4.79 Å². The first kappa shape index (κ1) is 28.7. The highest BCUT2D eigenvalue weighted by Gasteiger charge is 2.66. The van der Waals surface area contributed by atoms with Gasteiger partial charge in [0.15, 0.2) is 6.10 Å². The second-order valence-corrected chi connectivity index (χ2v) is 14.0. The first-order valence-corrected chi connectivity index (χ1v) is 16.0. The van der Waals surface area contributed by atoms with E-state index in [0.717, 1.165) is 38.0 Å². The molecule has 0 N–H and O–H groups in total. The molecule has 0 heterocycles. The molecular formula is C36H52O3. The minimum absolute atomic E-state index is 0.168. The van der Waals surface area contributed by atoms with Crippen molar-refractivity contribution in [2.75, 3.05) is 6.61 Å². The van der Waals surface area contributed by atoms with Crippen LogP contribution >= 0.6 is 0 Å². The molecule has 2 saturated carbocycles. The van der Waals surface area contributed by atoms with Crippen molar-refractivity contribution in [3.63, 3.8) is 0 Å². The number of carbonyl (C=O) groups excluding carboxylic acids is 1. The maximum Gasteiger partial charge on any atom is 0.335 e. The SMILES string of the molecule is CCOC(=O)C(OC(C)(C)C)C1CCCCCCCCC(c2ccc3c4c2CCC=CC=C4C2C(C)C32C)C1. The van der Waals surface area contributed by atoms with Crippen molar-refractivity contribution < 1.29 is 14.3 Å². The summed E-state index contributed by atoms with van der Waals surface area (Å²) in [5.41, 5.74) is 7.83. The highest BCUT2D eigenvalue weighted by molar-refractivity contribution is 5.86. The van der Waals surface area contributed by atoms with Crippen LogP contribution < -0.4 is 0 Å². The monoisotopic (exact) mass is 532 g/mol. The van der Waals surface area contributed by atoms with Crippen LogP contribution in [0.25, 0.3) is 5.57 Å². The Morgan fingerprint density at radius 3 is 2.51 bits per heavy atom. The van der Waals surface area contributed by atoms with E-state index in [2.05, 4.69) is 65.0 Å². The molecule has 0 aliphatic heterocycles. The molecule has 1 aromatic carbocycles. The molecule has 1 aromatic rings. The van der Waals surface area contributed by atoms with Gasteiger partial charge in [0.25, 0.3) is 0 Å². The molecule has 6 atom stereocenters. The Hall–Kier alpha value is -1.87. The van der Waals surface area contributed by atoms with Gasteiger partial charge >= 0.3 is 5.97 Å². The molecular weight excluding hydrogens is 480 g/mol. The maximum absolute atomic E-state index is 13.3. The summed E-state index contributed by atoms with van der Waals surface area (Å²) in [5.74, 6) is 1.83. The Bertz CT molecular complexity index is 1110. The van der Waals surface area contributed by atoms with Crippen LogP contribution in [-0.2, 0) is 26.1 Å². The Kier molecular flexibility index (Phi) is 8.49. The summed E-state index contributed by atoms with van der Waals surface area (Å²) < 4.78 is 12.1. The predicted octanol–water partition coefficient (Wildman–Crippen LogP) is 9.08. The average Bonchev–Trinajstić information content (AvgIpc) is 3.32. The lowest BCUT2D eigenvalue weighted by Gasteiger charge is -2.34. The molecule has 3 nitrogen and oxygen atoms in total. The van der Waals surface area contributed by atoms with E-state index in [-0.39, 0.29) is 11.9 Å². The van der Waals surface area contributed by atoms with Crippen LogP contribution in [0.1, 0.15) is 134 Å². The standard InChI is InChI=1S/C36H52O3/c1-7-38-34(37)33(39-35(3,4)5)26-18-14-11-9-8-10-13-17-25(23-26)27-21-22-30-31-28(27)19-15-12-16-20-29(31)32-24(2)36(30,32)6/h12,16,20-22,24-26,32-33H,7-11,13-15,17-19,23H2,1-6H3. The zero-order valence-electron chi connectivity index (χ0n) is 25.5. The average molecular weight is 533 g/mol. The molecule has 0 spiro atoms. The number of carbonyl (C=O) groups is 1. The van der Waals surface area contributed by atoms with Crippen molar-refractivity contribution in [1.29, 1.82) is 0 Å². The zero-order chi connectivity index (χ0) is 27.8. The molecule has 0 aromatic heterocycles. The predicted molar refractivity (Wildman–Crippen MR) is 161 cm³/mol. The molecule has 3 heteroatoms. The van der Waals surface area contributed by atoms with Crippen LogP contribution in [0.3, 0.4) is 0 Å². The van der Waals surface area contributed by atoms with Crippen molar-refractivity contribution in [3.8, 4) is 0 Å². The van der Waals surface area contributed by atoms with Crippen LogP contribution in [0.2, 0.25) is 0 Å². The topological polar surface area (TPSA) is 35.5 Å². The summed E-state index contributed by atoms with van der Waals surface area (Å²) in [6, 6.07) is 4.99. The highest BCUT2D eigenvalue weighted by atomic mass is 16.6. The van der Waals surface area contributed by atoms with Gasteiger partial charge < -0.3 is 9.47 Å². The molecule has 2 fully saturated rings. The van der Waals surface area contributed by atoms with E-state index < -0.39 is 11.7 Å².